The van der Waals surface area contributed by atoms with Gasteiger partial charge in [-0.1, -0.05) is 32.0 Å². The highest BCUT2D eigenvalue weighted by molar-refractivity contribution is 5.90. The van der Waals surface area contributed by atoms with Crippen molar-refractivity contribution in [2.75, 3.05) is 7.05 Å². The van der Waals surface area contributed by atoms with Gasteiger partial charge in [-0.25, -0.2) is 9.67 Å². The first-order valence-corrected chi connectivity index (χ1v) is 8.73. The zero-order valence-electron chi connectivity index (χ0n) is 15.8. The van der Waals surface area contributed by atoms with Crippen molar-refractivity contribution in [2.45, 2.75) is 39.7 Å². The third kappa shape index (κ3) is 3.27. The number of aromatic nitrogens is 3. The van der Waals surface area contributed by atoms with Gasteiger partial charge >= 0.3 is 0 Å². The fraction of sp³-hybridized carbons (Fsp3) is 0.350. The Balaban J connectivity index is 1.92. The third-order valence-corrected chi connectivity index (χ3v) is 4.60. The van der Waals surface area contributed by atoms with E-state index in [1.54, 1.807) is 22.9 Å². The summed E-state index contributed by atoms with van der Waals surface area (Å²) in [5, 5.41) is 4.49. The molecule has 2 aromatic heterocycles. The number of rotatable bonds is 5. The second-order valence-corrected chi connectivity index (χ2v) is 6.72. The molecular formula is C20H24N4O2. The average Bonchev–Trinajstić information content (AvgIpc) is 3.29. The van der Waals surface area contributed by atoms with E-state index in [1.807, 2.05) is 44.2 Å². The van der Waals surface area contributed by atoms with Crippen molar-refractivity contribution >= 4 is 5.91 Å². The molecule has 0 aliphatic carbocycles. The van der Waals surface area contributed by atoms with Gasteiger partial charge in [0.25, 0.3) is 5.91 Å². The maximum Gasteiger partial charge on any atom is 0.293 e. The highest BCUT2D eigenvalue weighted by atomic mass is 16.3. The van der Waals surface area contributed by atoms with E-state index < -0.39 is 0 Å². The van der Waals surface area contributed by atoms with Crippen molar-refractivity contribution in [2.24, 2.45) is 0 Å². The van der Waals surface area contributed by atoms with E-state index in [4.69, 9.17) is 4.42 Å². The second-order valence-electron chi connectivity index (χ2n) is 6.72. The van der Waals surface area contributed by atoms with E-state index in [0.717, 1.165) is 17.0 Å². The predicted octanol–water partition coefficient (Wildman–Crippen LogP) is 4.13. The molecule has 2 heterocycles. The van der Waals surface area contributed by atoms with E-state index in [9.17, 15) is 4.79 Å². The molecule has 26 heavy (non-hydrogen) atoms. The number of carbonyl (C=O) groups excluding carboxylic acids is 1. The van der Waals surface area contributed by atoms with E-state index in [0.29, 0.717) is 11.7 Å². The number of benzene rings is 1. The summed E-state index contributed by atoms with van der Waals surface area (Å²) in [5.74, 6) is 1.69. The minimum absolute atomic E-state index is 0.182. The molecule has 0 aliphatic rings. The first-order chi connectivity index (χ1) is 12.4. The molecule has 1 amide bonds. The smallest absolute Gasteiger partial charge is 0.293 e. The van der Waals surface area contributed by atoms with Crippen LogP contribution in [0.2, 0.25) is 0 Å². The summed E-state index contributed by atoms with van der Waals surface area (Å²) in [7, 11) is 1.73. The van der Waals surface area contributed by atoms with E-state index in [1.165, 1.54) is 0 Å². The Hall–Kier alpha value is -2.89. The average molecular weight is 352 g/mol. The second kappa shape index (κ2) is 7.15. The molecule has 0 spiro atoms. The number of nitrogens with zero attached hydrogens (tertiary/aromatic N) is 4. The maximum atomic E-state index is 12.8. The van der Waals surface area contributed by atoms with Crippen molar-refractivity contribution in [3.05, 3.63) is 65.6 Å². The monoisotopic (exact) mass is 352 g/mol. The molecule has 0 bridgehead atoms. The van der Waals surface area contributed by atoms with Gasteiger partial charge in [0.05, 0.1) is 18.0 Å². The minimum atomic E-state index is -0.238. The Bertz CT molecular complexity index is 896. The largest absolute Gasteiger partial charge is 0.467 e. The first kappa shape index (κ1) is 17.9. The highest BCUT2D eigenvalue weighted by Gasteiger charge is 2.25. The lowest BCUT2D eigenvalue weighted by Crippen LogP contribution is -2.30. The maximum absolute atomic E-state index is 12.8. The Labute approximate surface area is 153 Å². The summed E-state index contributed by atoms with van der Waals surface area (Å²) < 4.78 is 7.15. The van der Waals surface area contributed by atoms with Crippen molar-refractivity contribution in [1.29, 1.82) is 0 Å². The number of hydrogen-bond donors (Lipinski definition) is 0. The summed E-state index contributed by atoms with van der Waals surface area (Å²) in [4.78, 5) is 18.8. The summed E-state index contributed by atoms with van der Waals surface area (Å²) in [6.45, 7) is 8.04. The van der Waals surface area contributed by atoms with Crippen LogP contribution in [0.25, 0.3) is 5.69 Å². The quantitative estimate of drug-likeness (QED) is 0.693. The van der Waals surface area contributed by atoms with Gasteiger partial charge in [-0.2, -0.15) is 0 Å². The molecule has 0 aliphatic heterocycles. The molecule has 1 aromatic carbocycles. The van der Waals surface area contributed by atoms with Crippen LogP contribution >= 0.6 is 0 Å². The molecule has 3 rings (SSSR count). The van der Waals surface area contributed by atoms with Crippen molar-refractivity contribution < 1.29 is 9.21 Å². The van der Waals surface area contributed by atoms with Crippen LogP contribution in [0.3, 0.4) is 0 Å². The summed E-state index contributed by atoms with van der Waals surface area (Å²) in [6.07, 6.45) is 1.60. The van der Waals surface area contributed by atoms with Crippen molar-refractivity contribution in [1.82, 2.24) is 19.7 Å². The predicted molar refractivity (Wildman–Crippen MR) is 99.4 cm³/mol. The topological polar surface area (TPSA) is 64.2 Å². The van der Waals surface area contributed by atoms with Gasteiger partial charge in [0.2, 0.25) is 5.82 Å². The van der Waals surface area contributed by atoms with Crippen LogP contribution in [-0.2, 0) is 0 Å². The fourth-order valence-electron chi connectivity index (χ4n) is 2.93. The lowest BCUT2D eigenvalue weighted by Gasteiger charge is -2.21. The zero-order chi connectivity index (χ0) is 18.8. The number of furan rings is 1. The van der Waals surface area contributed by atoms with Gasteiger partial charge in [0, 0.05) is 7.05 Å². The van der Waals surface area contributed by atoms with E-state index in [-0.39, 0.29) is 17.8 Å². The number of aryl methyl sites for hydroxylation is 1. The molecule has 1 atom stereocenters. The molecule has 0 saturated carbocycles. The molecule has 0 unspecified atom stereocenters. The third-order valence-electron chi connectivity index (χ3n) is 4.60. The SMILES string of the molecule is Cc1nc(C(=O)N(C)[C@@H](C)c2ccco2)nn1-c1ccccc1C(C)C. The minimum Gasteiger partial charge on any atom is -0.467 e. The molecule has 136 valence electrons. The molecule has 0 N–H and O–H groups in total. The van der Waals surface area contributed by atoms with E-state index >= 15 is 0 Å². The van der Waals surface area contributed by atoms with Crippen LogP contribution < -0.4 is 0 Å². The summed E-state index contributed by atoms with van der Waals surface area (Å²) >= 11 is 0. The van der Waals surface area contributed by atoms with E-state index in [2.05, 4.69) is 30.0 Å². The van der Waals surface area contributed by atoms with Crippen molar-refractivity contribution in [3.8, 4) is 5.69 Å². The standard InChI is InChI=1S/C20H24N4O2/c1-13(2)16-9-6-7-10-17(16)24-15(4)21-19(22-24)20(25)23(5)14(3)18-11-8-12-26-18/h6-14H,1-5H3/t14-/m0/s1. The first-order valence-electron chi connectivity index (χ1n) is 8.73. The van der Waals surface area contributed by atoms with Crippen LogP contribution in [0.1, 0.15) is 60.5 Å². The number of carbonyl (C=O) groups is 1. The van der Waals surface area contributed by atoms with Gasteiger partial charge in [0.15, 0.2) is 0 Å². The number of amides is 1. The highest BCUT2D eigenvalue weighted by Crippen LogP contribution is 2.24. The Kier molecular flexibility index (Phi) is 4.93. The summed E-state index contributed by atoms with van der Waals surface area (Å²) in [5.41, 5.74) is 2.12. The van der Waals surface area contributed by atoms with Crippen LogP contribution in [0.5, 0.6) is 0 Å². The van der Waals surface area contributed by atoms with Gasteiger partial charge in [0.1, 0.15) is 11.6 Å². The Morgan fingerprint density at radius 2 is 1.88 bits per heavy atom. The fourth-order valence-corrected chi connectivity index (χ4v) is 2.93. The normalized spacial score (nSPS) is 12.4. The number of hydrogen-bond acceptors (Lipinski definition) is 4. The lowest BCUT2D eigenvalue weighted by molar-refractivity contribution is 0.0714. The molecular weight excluding hydrogens is 328 g/mol. The molecule has 3 aromatic rings. The van der Waals surface area contributed by atoms with Crippen LogP contribution in [0, 0.1) is 6.92 Å². The zero-order valence-corrected chi connectivity index (χ0v) is 15.8. The molecule has 6 nitrogen and oxygen atoms in total. The van der Waals surface area contributed by atoms with Gasteiger partial charge < -0.3 is 9.32 Å². The Morgan fingerprint density at radius 1 is 1.15 bits per heavy atom. The van der Waals surface area contributed by atoms with Crippen molar-refractivity contribution in [3.63, 3.8) is 0 Å². The van der Waals surface area contributed by atoms with Gasteiger partial charge in [-0.3, -0.25) is 4.79 Å². The van der Waals surface area contributed by atoms with Crippen LogP contribution in [0.4, 0.5) is 0 Å². The molecule has 0 fully saturated rings. The van der Waals surface area contributed by atoms with Crippen LogP contribution in [-0.4, -0.2) is 32.6 Å². The molecule has 6 heteroatoms. The Morgan fingerprint density at radius 3 is 2.54 bits per heavy atom. The summed E-state index contributed by atoms with van der Waals surface area (Å²) in [6, 6.07) is 11.5. The number of para-hydroxylation sites is 1. The van der Waals surface area contributed by atoms with Gasteiger partial charge in [-0.05, 0) is 43.5 Å². The molecule has 0 saturated heterocycles. The lowest BCUT2D eigenvalue weighted by atomic mass is 10.0. The van der Waals surface area contributed by atoms with Gasteiger partial charge in [-0.15, -0.1) is 5.10 Å². The molecule has 0 radical (unpaired) electrons. The van der Waals surface area contributed by atoms with Crippen LogP contribution in [0.15, 0.2) is 47.1 Å².